The molecular formula is C18H30N4O. The topological polar surface area (TPSA) is 75.0 Å². The van der Waals surface area contributed by atoms with E-state index in [0.717, 1.165) is 23.3 Å². The normalized spacial score (nSPS) is 12.0. The summed E-state index contributed by atoms with van der Waals surface area (Å²) in [6.07, 6.45) is 0.900. The van der Waals surface area contributed by atoms with Crippen LogP contribution < -0.4 is 5.73 Å². The van der Waals surface area contributed by atoms with Crippen LogP contribution in [-0.4, -0.2) is 33.4 Å². The van der Waals surface area contributed by atoms with E-state index in [9.17, 15) is 4.79 Å². The second kappa shape index (κ2) is 9.30. The number of fused-ring (bicyclic) bond motifs is 1. The first-order valence-electron chi connectivity index (χ1n) is 8.51. The summed E-state index contributed by atoms with van der Waals surface area (Å²) >= 11 is 0. The highest BCUT2D eigenvalue weighted by Crippen LogP contribution is 2.13. The molecule has 0 spiro atoms. The number of carbonyl (C=O) groups is 1. The number of aromatic amines is 1. The van der Waals surface area contributed by atoms with Gasteiger partial charge in [0.2, 0.25) is 5.91 Å². The third kappa shape index (κ3) is 5.06. The van der Waals surface area contributed by atoms with E-state index in [1.54, 1.807) is 4.90 Å². The average Bonchev–Trinajstić information content (AvgIpc) is 2.97. The second-order valence-electron chi connectivity index (χ2n) is 5.73. The van der Waals surface area contributed by atoms with Crippen molar-refractivity contribution in [3.8, 4) is 0 Å². The van der Waals surface area contributed by atoms with Crippen LogP contribution in [0.3, 0.4) is 0 Å². The van der Waals surface area contributed by atoms with Crippen molar-refractivity contribution in [1.29, 1.82) is 0 Å². The van der Waals surface area contributed by atoms with E-state index in [1.807, 2.05) is 52.0 Å². The summed E-state index contributed by atoms with van der Waals surface area (Å²) < 4.78 is 0. The van der Waals surface area contributed by atoms with Gasteiger partial charge in [-0.1, -0.05) is 46.8 Å². The SMILES string of the molecule is CC.CCCN(Cc1nc2ccccc2[nH]1)C(=O)C(N)C(C)C. The summed E-state index contributed by atoms with van der Waals surface area (Å²) in [6.45, 7) is 11.2. The third-order valence-corrected chi connectivity index (χ3v) is 3.59. The van der Waals surface area contributed by atoms with Crippen molar-refractivity contribution in [2.75, 3.05) is 6.54 Å². The van der Waals surface area contributed by atoms with Crippen LogP contribution in [0.1, 0.15) is 46.9 Å². The lowest BCUT2D eigenvalue weighted by molar-refractivity contribution is -0.134. The van der Waals surface area contributed by atoms with Crippen LogP contribution in [-0.2, 0) is 11.3 Å². The first kappa shape index (κ1) is 19.2. The van der Waals surface area contributed by atoms with E-state index in [0.29, 0.717) is 13.1 Å². The van der Waals surface area contributed by atoms with Crippen molar-refractivity contribution in [1.82, 2.24) is 14.9 Å². The van der Waals surface area contributed by atoms with Crippen LogP contribution in [0.4, 0.5) is 0 Å². The predicted molar refractivity (Wildman–Crippen MR) is 96.0 cm³/mol. The number of hydrogen-bond acceptors (Lipinski definition) is 3. The maximum Gasteiger partial charge on any atom is 0.240 e. The van der Waals surface area contributed by atoms with Gasteiger partial charge in [0, 0.05) is 6.54 Å². The van der Waals surface area contributed by atoms with Crippen LogP contribution in [0, 0.1) is 5.92 Å². The second-order valence-corrected chi connectivity index (χ2v) is 5.73. The Morgan fingerprint density at radius 3 is 2.52 bits per heavy atom. The molecule has 0 aliphatic rings. The standard InChI is InChI=1S/C16H24N4O.C2H6/c1-4-9-20(16(21)15(17)11(2)3)10-14-18-12-7-5-6-8-13(12)19-14;1-2/h5-8,11,15H,4,9-10,17H2,1-3H3,(H,18,19);1-2H3. The number of nitrogens with zero attached hydrogens (tertiary/aromatic N) is 2. The molecule has 5 heteroatoms. The predicted octanol–water partition coefficient (Wildman–Crippen LogP) is 3.31. The molecule has 0 fully saturated rings. The van der Waals surface area contributed by atoms with Gasteiger partial charge in [0.25, 0.3) is 0 Å². The maximum atomic E-state index is 12.5. The Hall–Kier alpha value is -1.88. The third-order valence-electron chi connectivity index (χ3n) is 3.59. The monoisotopic (exact) mass is 318 g/mol. The van der Waals surface area contributed by atoms with Gasteiger partial charge in [0.05, 0.1) is 23.6 Å². The van der Waals surface area contributed by atoms with Crippen molar-refractivity contribution in [2.45, 2.75) is 53.6 Å². The highest BCUT2D eigenvalue weighted by Gasteiger charge is 2.23. The van der Waals surface area contributed by atoms with Crippen LogP contribution >= 0.6 is 0 Å². The first-order valence-corrected chi connectivity index (χ1v) is 8.51. The lowest BCUT2D eigenvalue weighted by Gasteiger charge is -2.26. The Labute approximate surface area is 139 Å². The molecule has 3 N–H and O–H groups in total. The molecule has 1 aromatic carbocycles. The fraction of sp³-hybridized carbons (Fsp3) is 0.556. The summed E-state index contributed by atoms with van der Waals surface area (Å²) in [5, 5.41) is 0. The maximum absolute atomic E-state index is 12.5. The molecule has 2 aromatic rings. The molecule has 1 unspecified atom stereocenters. The number of carbonyl (C=O) groups excluding carboxylic acids is 1. The molecule has 1 heterocycles. The zero-order valence-electron chi connectivity index (χ0n) is 15.0. The zero-order valence-corrected chi connectivity index (χ0v) is 15.0. The number of nitrogens with one attached hydrogen (secondary N) is 1. The fourth-order valence-corrected chi connectivity index (χ4v) is 2.29. The van der Waals surface area contributed by atoms with E-state index in [2.05, 4.69) is 16.9 Å². The van der Waals surface area contributed by atoms with Gasteiger partial charge in [-0.2, -0.15) is 0 Å². The molecule has 2 rings (SSSR count). The molecule has 0 saturated carbocycles. The summed E-state index contributed by atoms with van der Waals surface area (Å²) in [6, 6.07) is 7.41. The lowest BCUT2D eigenvalue weighted by atomic mass is 10.0. The molecule has 1 aromatic heterocycles. The van der Waals surface area contributed by atoms with Gasteiger partial charge in [0.1, 0.15) is 5.82 Å². The molecule has 0 bridgehead atoms. The summed E-state index contributed by atoms with van der Waals surface area (Å²) in [5.41, 5.74) is 7.91. The number of hydrogen-bond donors (Lipinski definition) is 2. The van der Waals surface area contributed by atoms with Crippen molar-refractivity contribution < 1.29 is 4.79 Å². The molecule has 0 aliphatic carbocycles. The van der Waals surface area contributed by atoms with E-state index in [-0.39, 0.29) is 11.8 Å². The molecule has 0 radical (unpaired) electrons. The van der Waals surface area contributed by atoms with Gasteiger partial charge >= 0.3 is 0 Å². The number of H-pyrrole nitrogens is 1. The van der Waals surface area contributed by atoms with Gasteiger partial charge < -0.3 is 15.6 Å². The molecule has 0 saturated heterocycles. The van der Waals surface area contributed by atoms with Gasteiger partial charge in [-0.15, -0.1) is 0 Å². The average molecular weight is 318 g/mol. The van der Waals surface area contributed by atoms with Crippen LogP contribution in [0.15, 0.2) is 24.3 Å². The van der Waals surface area contributed by atoms with E-state index >= 15 is 0 Å². The van der Waals surface area contributed by atoms with Crippen LogP contribution in [0.2, 0.25) is 0 Å². The molecule has 1 amide bonds. The van der Waals surface area contributed by atoms with Crippen molar-refractivity contribution in [3.63, 3.8) is 0 Å². The van der Waals surface area contributed by atoms with Crippen LogP contribution in [0.5, 0.6) is 0 Å². The summed E-state index contributed by atoms with van der Waals surface area (Å²) in [4.78, 5) is 22.0. The Balaban J connectivity index is 0.00000127. The molecule has 23 heavy (non-hydrogen) atoms. The zero-order chi connectivity index (χ0) is 17.4. The van der Waals surface area contributed by atoms with E-state index in [4.69, 9.17) is 5.73 Å². The molecule has 1 atom stereocenters. The van der Waals surface area contributed by atoms with E-state index in [1.165, 1.54) is 0 Å². The Morgan fingerprint density at radius 2 is 1.96 bits per heavy atom. The van der Waals surface area contributed by atoms with Crippen molar-refractivity contribution >= 4 is 16.9 Å². The van der Waals surface area contributed by atoms with Crippen molar-refractivity contribution in [2.24, 2.45) is 11.7 Å². The van der Waals surface area contributed by atoms with Gasteiger partial charge in [-0.05, 0) is 24.5 Å². The quantitative estimate of drug-likeness (QED) is 0.858. The molecule has 128 valence electrons. The molecule has 0 aliphatic heterocycles. The molecule has 5 nitrogen and oxygen atoms in total. The number of nitrogens with two attached hydrogens (primary N) is 1. The van der Waals surface area contributed by atoms with Crippen molar-refractivity contribution in [3.05, 3.63) is 30.1 Å². The first-order chi connectivity index (χ1) is 11.0. The molecular weight excluding hydrogens is 288 g/mol. The van der Waals surface area contributed by atoms with Gasteiger partial charge in [-0.25, -0.2) is 4.98 Å². The summed E-state index contributed by atoms with van der Waals surface area (Å²) in [7, 11) is 0. The number of amides is 1. The van der Waals surface area contributed by atoms with Gasteiger partial charge in [-0.3, -0.25) is 4.79 Å². The van der Waals surface area contributed by atoms with Gasteiger partial charge in [0.15, 0.2) is 0 Å². The lowest BCUT2D eigenvalue weighted by Crippen LogP contribution is -2.46. The minimum Gasteiger partial charge on any atom is -0.340 e. The highest BCUT2D eigenvalue weighted by molar-refractivity contribution is 5.82. The number of benzene rings is 1. The number of para-hydroxylation sites is 2. The smallest absolute Gasteiger partial charge is 0.240 e. The highest BCUT2D eigenvalue weighted by atomic mass is 16.2. The largest absolute Gasteiger partial charge is 0.340 e. The number of aromatic nitrogens is 2. The van der Waals surface area contributed by atoms with Crippen LogP contribution in [0.25, 0.3) is 11.0 Å². The minimum absolute atomic E-state index is 0.00712. The van der Waals surface area contributed by atoms with E-state index < -0.39 is 6.04 Å². The Bertz CT molecular complexity index is 573. The summed E-state index contributed by atoms with van der Waals surface area (Å²) in [5.74, 6) is 0.925. The minimum atomic E-state index is -0.457. The fourth-order valence-electron chi connectivity index (χ4n) is 2.29. The Morgan fingerprint density at radius 1 is 1.30 bits per heavy atom. The number of imidazole rings is 1. The number of rotatable bonds is 6. The Kier molecular flexibility index (Phi) is 7.75.